The summed E-state index contributed by atoms with van der Waals surface area (Å²) in [5.74, 6) is 1.46. The normalized spacial score (nSPS) is 33.6. The molecule has 1 aliphatic carbocycles. The van der Waals surface area contributed by atoms with Gasteiger partial charge in [-0.3, -0.25) is 9.69 Å². The maximum atomic E-state index is 12.1. The van der Waals surface area contributed by atoms with Gasteiger partial charge in [0.1, 0.15) is 5.78 Å². The number of rotatable bonds is 5. The smallest absolute Gasteiger partial charge is 0.137 e. The van der Waals surface area contributed by atoms with E-state index in [1.54, 1.807) is 0 Å². The third-order valence-corrected chi connectivity index (χ3v) is 4.98. The number of hydrogen-bond acceptors (Lipinski definition) is 3. The van der Waals surface area contributed by atoms with Gasteiger partial charge in [-0.1, -0.05) is 26.2 Å². The van der Waals surface area contributed by atoms with Crippen LogP contribution in [-0.2, 0) is 4.79 Å². The van der Waals surface area contributed by atoms with Gasteiger partial charge in [-0.2, -0.15) is 0 Å². The minimum absolute atomic E-state index is 0.234. The standard InChI is InChI=1S/C16H29NO2/c1-2-5-13-7-8-16(19)14(10-13)11-17-9-4-3-6-15(17)12-18/h13-15,18H,2-12H2,1H3. The Kier molecular flexibility index (Phi) is 5.83. The third kappa shape index (κ3) is 4.03. The molecule has 110 valence electrons. The lowest BCUT2D eigenvalue weighted by Crippen LogP contribution is -2.46. The second-order valence-electron chi connectivity index (χ2n) is 6.42. The average molecular weight is 267 g/mol. The zero-order valence-electron chi connectivity index (χ0n) is 12.3. The van der Waals surface area contributed by atoms with Crippen molar-refractivity contribution < 1.29 is 9.90 Å². The molecule has 0 aromatic rings. The molecule has 0 amide bonds. The average Bonchev–Trinajstić information content (AvgIpc) is 2.43. The summed E-state index contributed by atoms with van der Waals surface area (Å²) < 4.78 is 0. The van der Waals surface area contributed by atoms with Crippen LogP contribution in [0.1, 0.15) is 58.3 Å². The topological polar surface area (TPSA) is 40.5 Å². The molecular weight excluding hydrogens is 238 g/mol. The van der Waals surface area contributed by atoms with Gasteiger partial charge in [0.15, 0.2) is 0 Å². The van der Waals surface area contributed by atoms with E-state index < -0.39 is 0 Å². The molecule has 2 aliphatic rings. The number of piperidine rings is 1. The van der Waals surface area contributed by atoms with Gasteiger partial charge in [0, 0.05) is 24.9 Å². The zero-order valence-corrected chi connectivity index (χ0v) is 12.3. The molecule has 2 fully saturated rings. The minimum atomic E-state index is 0.234. The maximum Gasteiger partial charge on any atom is 0.137 e. The molecule has 1 heterocycles. The summed E-state index contributed by atoms with van der Waals surface area (Å²) in [5, 5.41) is 9.47. The summed E-state index contributed by atoms with van der Waals surface area (Å²) in [7, 11) is 0. The van der Waals surface area contributed by atoms with Crippen molar-refractivity contribution in [3.63, 3.8) is 0 Å². The van der Waals surface area contributed by atoms with Crippen molar-refractivity contribution in [1.82, 2.24) is 4.90 Å². The van der Waals surface area contributed by atoms with Gasteiger partial charge in [-0.25, -0.2) is 0 Å². The molecule has 3 heteroatoms. The van der Waals surface area contributed by atoms with Gasteiger partial charge in [-0.15, -0.1) is 0 Å². The van der Waals surface area contributed by atoms with E-state index in [1.165, 1.54) is 25.7 Å². The largest absolute Gasteiger partial charge is 0.395 e. The van der Waals surface area contributed by atoms with Gasteiger partial charge >= 0.3 is 0 Å². The van der Waals surface area contributed by atoms with Crippen LogP contribution in [0.3, 0.4) is 0 Å². The lowest BCUT2D eigenvalue weighted by atomic mass is 9.78. The van der Waals surface area contributed by atoms with Crippen LogP contribution in [0, 0.1) is 11.8 Å². The molecule has 0 spiro atoms. The van der Waals surface area contributed by atoms with Crippen LogP contribution in [0.4, 0.5) is 0 Å². The lowest BCUT2D eigenvalue weighted by molar-refractivity contribution is -0.127. The molecule has 0 radical (unpaired) electrons. The summed E-state index contributed by atoms with van der Waals surface area (Å²) in [5.41, 5.74) is 0. The van der Waals surface area contributed by atoms with Crippen LogP contribution in [-0.4, -0.2) is 41.5 Å². The lowest BCUT2D eigenvalue weighted by Gasteiger charge is -2.38. The maximum absolute atomic E-state index is 12.1. The molecule has 1 aliphatic heterocycles. The predicted molar refractivity (Wildman–Crippen MR) is 77.0 cm³/mol. The van der Waals surface area contributed by atoms with Crippen LogP contribution in [0.25, 0.3) is 0 Å². The SMILES string of the molecule is CCCC1CCC(=O)C(CN2CCCCC2CO)C1. The van der Waals surface area contributed by atoms with Crippen molar-refractivity contribution in [2.45, 2.75) is 64.3 Å². The Bertz CT molecular complexity index is 292. The third-order valence-electron chi connectivity index (χ3n) is 4.98. The number of nitrogens with zero attached hydrogens (tertiary/aromatic N) is 1. The van der Waals surface area contributed by atoms with E-state index in [1.807, 2.05) is 0 Å². The summed E-state index contributed by atoms with van der Waals surface area (Å²) in [4.78, 5) is 14.5. The summed E-state index contributed by atoms with van der Waals surface area (Å²) in [6, 6.07) is 0.299. The molecular formula is C16H29NO2. The van der Waals surface area contributed by atoms with Gasteiger partial charge in [-0.05, 0) is 38.1 Å². The molecule has 0 aromatic carbocycles. The molecule has 1 saturated heterocycles. The van der Waals surface area contributed by atoms with Crippen molar-refractivity contribution >= 4 is 5.78 Å². The van der Waals surface area contributed by atoms with E-state index in [0.29, 0.717) is 11.8 Å². The number of likely N-dealkylation sites (tertiary alicyclic amines) is 1. The Hall–Kier alpha value is -0.410. The number of Topliss-reactive ketones (excluding diaryl/α,β-unsaturated/α-hetero) is 1. The van der Waals surface area contributed by atoms with E-state index in [2.05, 4.69) is 11.8 Å². The Morgan fingerprint density at radius 3 is 2.89 bits per heavy atom. The van der Waals surface area contributed by atoms with E-state index in [0.717, 1.165) is 44.7 Å². The molecule has 0 aromatic heterocycles. The monoisotopic (exact) mass is 267 g/mol. The quantitative estimate of drug-likeness (QED) is 0.832. The van der Waals surface area contributed by atoms with Crippen molar-refractivity contribution in [2.24, 2.45) is 11.8 Å². The van der Waals surface area contributed by atoms with Crippen LogP contribution < -0.4 is 0 Å². The minimum Gasteiger partial charge on any atom is -0.395 e. The number of hydrogen-bond donors (Lipinski definition) is 1. The van der Waals surface area contributed by atoms with E-state index in [4.69, 9.17) is 0 Å². The molecule has 3 atom stereocenters. The summed E-state index contributed by atoms with van der Waals surface area (Å²) in [6.45, 7) is 4.44. The Morgan fingerprint density at radius 2 is 2.16 bits per heavy atom. The first-order valence-corrected chi connectivity index (χ1v) is 8.12. The first-order valence-electron chi connectivity index (χ1n) is 8.12. The van der Waals surface area contributed by atoms with Crippen LogP contribution in [0.15, 0.2) is 0 Å². The zero-order chi connectivity index (χ0) is 13.7. The fraction of sp³-hybridized carbons (Fsp3) is 0.938. The first kappa shape index (κ1) is 15.0. The summed E-state index contributed by atoms with van der Waals surface area (Å²) >= 11 is 0. The molecule has 1 N–H and O–H groups in total. The highest BCUT2D eigenvalue weighted by molar-refractivity contribution is 5.82. The van der Waals surface area contributed by atoms with Crippen LogP contribution in [0.2, 0.25) is 0 Å². The van der Waals surface area contributed by atoms with E-state index in [9.17, 15) is 9.90 Å². The fourth-order valence-corrected chi connectivity index (χ4v) is 3.84. The molecule has 2 rings (SSSR count). The fourth-order valence-electron chi connectivity index (χ4n) is 3.84. The Labute approximate surface area is 117 Å². The highest BCUT2D eigenvalue weighted by Crippen LogP contribution is 2.31. The van der Waals surface area contributed by atoms with Crippen molar-refractivity contribution in [3.05, 3.63) is 0 Å². The summed E-state index contributed by atoms with van der Waals surface area (Å²) in [6.07, 6.45) is 9.01. The van der Waals surface area contributed by atoms with Gasteiger partial charge in [0.2, 0.25) is 0 Å². The van der Waals surface area contributed by atoms with E-state index >= 15 is 0 Å². The van der Waals surface area contributed by atoms with Gasteiger partial charge in [0.05, 0.1) is 6.61 Å². The molecule has 19 heavy (non-hydrogen) atoms. The number of carbonyl (C=O) groups excluding carboxylic acids is 1. The van der Waals surface area contributed by atoms with Crippen LogP contribution >= 0.6 is 0 Å². The van der Waals surface area contributed by atoms with Gasteiger partial charge in [0.25, 0.3) is 0 Å². The second kappa shape index (κ2) is 7.39. The van der Waals surface area contributed by atoms with Crippen molar-refractivity contribution in [1.29, 1.82) is 0 Å². The van der Waals surface area contributed by atoms with Gasteiger partial charge < -0.3 is 5.11 Å². The Balaban J connectivity index is 1.89. The second-order valence-corrected chi connectivity index (χ2v) is 6.42. The number of ketones is 1. The number of carbonyl (C=O) groups is 1. The van der Waals surface area contributed by atoms with E-state index in [-0.39, 0.29) is 12.5 Å². The molecule has 3 unspecified atom stereocenters. The first-order chi connectivity index (χ1) is 9.24. The molecule has 0 bridgehead atoms. The highest BCUT2D eigenvalue weighted by atomic mass is 16.3. The molecule has 3 nitrogen and oxygen atoms in total. The number of aliphatic hydroxyl groups is 1. The number of aliphatic hydroxyl groups excluding tert-OH is 1. The highest BCUT2D eigenvalue weighted by Gasteiger charge is 2.32. The van der Waals surface area contributed by atoms with Crippen molar-refractivity contribution in [3.8, 4) is 0 Å². The predicted octanol–water partition coefficient (Wildman–Crippen LogP) is 2.62. The molecule has 1 saturated carbocycles. The van der Waals surface area contributed by atoms with Crippen molar-refractivity contribution in [2.75, 3.05) is 19.7 Å². The Morgan fingerprint density at radius 1 is 1.32 bits per heavy atom. The van der Waals surface area contributed by atoms with Crippen LogP contribution in [0.5, 0.6) is 0 Å².